The van der Waals surface area contributed by atoms with Crippen LogP contribution < -0.4 is 4.46 Å². The van der Waals surface area contributed by atoms with Gasteiger partial charge in [0.05, 0.1) is 0 Å². The van der Waals surface area contributed by atoms with Crippen molar-refractivity contribution < 1.29 is 14.6 Å². The van der Waals surface area contributed by atoms with E-state index in [1.807, 2.05) is 53.4 Å². The molecule has 0 aromatic heterocycles. The molecule has 0 saturated heterocycles. The Bertz CT molecular complexity index is 733. The number of hydrogen-bond acceptors (Lipinski definition) is 4. The van der Waals surface area contributed by atoms with Crippen LogP contribution in [0, 0.1) is 0 Å². The fraction of sp³-hybridized carbons (Fsp3) is 0.250. The van der Waals surface area contributed by atoms with Crippen LogP contribution in [-0.4, -0.2) is 44.3 Å². The van der Waals surface area contributed by atoms with Crippen LogP contribution in [0.3, 0.4) is 0 Å². The van der Waals surface area contributed by atoms with Crippen molar-refractivity contribution in [2.75, 3.05) is 7.11 Å². The molecule has 0 unspecified atom stereocenters. The third kappa shape index (κ3) is 4.51. The molecule has 0 saturated carbocycles. The van der Waals surface area contributed by atoms with Gasteiger partial charge in [0.15, 0.2) is 0 Å². The van der Waals surface area contributed by atoms with E-state index in [2.05, 4.69) is 12.1 Å². The zero-order chi connectivity index (χ0) is 17.6. The summed E-state index contributed by atoms with van der Waals surface area (Å²) in [7, 11) is 1.40. The molecule has 0 amide bonds. The second-order valence-corrected chi connectivity index (χ2v) is 8.64. The van der Waals surface area contributed by atoms with E-state index in [9.17, 15) is 9.90 Å². The molecule has 2 aromatic carbocycles. The molecule has 1 heterocycles. The van der Waals surface area contributed by atoms with E-state index in [1.54, 1.807) is 6.20 Å². The predicted octanol–water partition coefficient (Wildman–Crippen LogP) is 2.09. The number of rotatable bonds is 5. The molecule has 4 nitrogen and oxygen atoms in total. The fourth-order valence-corrected chi connectivity index (χ4v) is 5.37. The molecule has 130 valence electrons. The number of aliphatic hydroxyl groups is 1. The molecule has 1 aliphatic heterocycles. The molecule has 1 aliphatic rings. The molecule has 2 aromatic rings. The number of esters is 1. The third-order valence-electron chi connectivity index (χ3n) is 4.10. The summed E-state index contributed by atoms with van der Waals surface area (Å²) in [6.45, 7) is 0.559. The number of carbonyl (C=O) groups is 1. The topological polar surface area (TPSA) is 49.8 Å². The monoisotopic (exact) mass is 403 g/mol. The number of nitrogens with zero attached hydrogens (tertiary/aromatic N) is 1. The Balaban J connectivity index is 1.83. The average Bonchev–Trinajstić information content (AvgIpc) is 2.66. The van der Waals surface area contributed by atoms with Gasteiger partial charge in [0.25, 0.3) is 0 Å². The standard InChI is InChI=1S/C20H21NO3Se/c1-24-20(23)16-12-18(25-17-10-6-3-7-11-17)19(22)21(14-16)13-15-8-4-2-5-9-15/h2-11,14,18-19,22H,12-13H2,1H3/t18-,19+/m0/s1. The first kappa shape index (κ1) is 17.7. The molecule has 5 heteroatoms. The van der Waals surface area contributed by atoms with Gasteiger partial charge in [-0.3, -0.25) is 0 Å². The van der Waals surface area contributed by atoms with Gasteiger partial charge in [-0.05, 0) is 0 Å². The van der Waals surface area contributed by atoms with Crippen molar-refractivity contribution in [1.82, 2.24) is 4.90 Å². The van der Waals surface area contributed by atoms with Crippen molar-refractivity contribution in [3.05, 3.63) is 78.0 Å². The summed E-state index contributed by atoms with van der Waals surface area (Å²) in [5, 5.41) is 10.9. The molecule has 2 atom stereocenters. The van der Waals surface area contributed by atoms with Crippen LogP contribution in [0.5, 0.6) is 0 Å². The molecule has 0 spiro atoms. The van der Waals surface area contributed by atoms with E-state index < -0.39 is 6.23 Å². The van der Waals surface area contributed by atoms with E-state index in [0.29, 0.717) is 18.5 Å². The molecular weight excluding hydrogens is 381 g/mol. The van der Waals surface area contributed by atoms with Gasteiger partial charge in [0.1, 0.15) is 0 Å². The number of benzene rings is 2. The zero-order valence-corrected chi connectivity index (χ0v) is 15.8. The fourth-order valence-electron chi connectivity index (χ4n) is 2.84. The first-order valence-electron chi connectivity index (χ1n) is 8.16. The molecular formula is C20H21NO3Se. The Labute approximate surface area is 154 Å². The number of ether oxygens (including phenoxy) is 1. The van der Waals surface area contributed by atoms with Crippen molar-refractivity contribution in [3.8, 4) is 0 Å². The molecule has 0 radical (unpaired) electrons. The first-order chi connectivity index (χ1) is 12.2. The quantitative estimate of drug-likeness (QED) is 0.615. The maximum atomic E-state index is 12.1. The normalized spacial score (nSPS) is 20.1. The van der Waals surface area contributed by atoms with Crippen LogP contribution in [0.2, 0.25) is 4.82 Å². The van der Waals surface area contributed by atoms with Crippen molar-refractivity contribution in [3.63, 3.8) is 0 Å². The van der Waals surface area contributed by atoms with E-state index >= 15 is 0 Å². The molecule has 3 rings (SSSR count). The Morgan fingerprint density at radius 2 is 1.80 bits per heavy atom. The minimum atomic E-state index is -0.617. The van der Waals surface area contributed by atoms with Gasteiger partial charge in [-0.2, -0.15) is 0 Å². The summed E-state index contributed by atoms with van der Waals surface area (Å²) in [4.78, 5) is 13.9. The van der Waals surface area contributed by atoms with Crippen molar-refractivity contribution in [2.45, 2.75) is 24.0 Å². The Morgan fingerprint density at radius 3 is 2.44 bits per heavy atom. The summed E-state index contributed by atoms with van der Waals surface area (Å²) < 4.78 is 6.13. The molecule has 1 N–H and O–H groups in total. The van der Waals surface area contributed by atoms with Crippen LogP contribution in [0.1, 0.15) is 12.0 Å². The summed E-state index contributed by atoms with van der Waals surface area (Å²) in [6.07, 6.45) is 1.67. The van der Waals surface area contributed by atoms with Gasteiger partial charge in [-0.25, -0.2) is 0 Å². The second-order valence-electron chi connectivity index (χ2n) is 5.89. The van der Waals surface area contributed by atoms with Gasteiger partial charge in [0, 0.05) is 0 Å². The third-order valence-corrected chi connectivity index (χ3v) is 6.74. The maximum absolute atomic E-state index is 12.1. The van der Waals surface area contributed by atoms with Crippen LogP contribution in [0.15, 0.2) is 72.4 Å². The van der Waals surface area contributed by atoms with Gasteiger partial charge in [0.2, 0.25) is 0 Å². The van der Waals surface area contributed by atoms with E-state index in [0.717, 1.165) is 5.56 Å². The SMILES string of the molecule is COC(=O)C1=CN(Cc2ccccc2)[C@H](O)[C@@H]([Se]c2ccccc2)C1. The second kappa shape index (κ2) is 8.34. The Kier molecular flexibility index (Phi) is 5.92. The first-order valence-corrected chi connectivity index (χ1v) is 10.0. The van der Waals surface area contributed by atoms with Crippen molar-refractivity contribution in [1.29, 1.82) is 0 Å². The summed E-state index contributed by atoms with van der Waals surface area (Å²) in [5.41, 5.74) is 1.71. The molecule has 25 heavy (non-hydrogen) atoms. The summed E-state index contributed by atoms with van der Waals surface area (Å²) in [5.74, 6) is -0.321. The van der Waals surface area contributed by atoms with Crippen molar-refractivity contribution >= 4 is 25.4 Å². The zero-order valence-electron chi connectivity index (χ0n) is 14.0. The number of aliphatic hydroxyl groups excluding tert-OH is 1. The molecule has 0 bridgehead atoms. The number of carbonyl (C=O) groups excluding carboxylic acids is 1. The van der Waals surface area contributed by atoms with E-state index in [4.69, 9.17) is 4.74 Å². The Hall–Kier alpha value is -2.07. The van der Waals surface area contributed by atoms with Crippen LogP contribution in [0.4, 0.5) is 0 Å². The van der Waals surface area contributed by atoms with Gasteiger partial charge >= 0.3 is 154 Å². The predicted molar refractivity (Wildman–Crippen MR) is 98.3 cm³/mol. The van der Waals surface area contributed by atoms with Crippen LogP contribution >= 0.6 is 0 Å². The molecule has 0 aliphatic carbocycles. The van der Waals surface area contributed by atoms with E-state index in [1.165, 1.54) is 11.6 Å². The van der Waals surface area contributed by atoms with Crippen LogP contribution in [-0.2, 0) is 16.1 Å². The summed E-state index contributed by atoms with van der Waals surface area (Å²) in [6, 6.07) is 20.1. The average molecular weight is 402 g/mol. The van der Waals surface area contributed by atoms with Gasteiger partial charge in [-0.15, -0.1) is 0 Å². The minimum absolute atomic E-state index is 0.00212. The number of methoxy groups -OCH3 is 1. The van der Waals surface area contributed by atoms with Crippen molar-refractivity contribution in [2.24, 2.45) is 0 Å². The number of hydrogen-bond donors (Lipinski definition) is 1. The Morgan fingerprint density at radius 1 is 1.16 bits per heavy atom. The van der Waals surface area contributed by atoms with Crippen LogP contribution in [0.25, 0.3) is 0 Å². The molecule has 0 fully saturated rings. The van der Waals surface area contributed by atoms with Gasteiger partial charge < -0.3 is 0 Å². The van der Waals surface area contributed by atoms with E-state index in [-0.39, 0.29) is 25.7 Å². The van der Waals surface area contributed by atoms with Gasteiger partial charge in [-0.1, -0.05) is 0 Å². The summed E-state index contributed by atoms with van der Waals surface area (Å²) >= 11 is 0.0587.